The van der Waals surface area contributed by atoms with E-state index in [1.807, 2.05) is 0 Å². The van der Waals surface area contributed by atoms with Crippen molar-refractivity contribution in [3.63, 3.8) is 0 Å². The highest BCUT2D eigenvalue weighted by molar-refractivity contribution is 9.10. The van der Waals surface area contributed by atoms with E-state index in [-0.39, 0.29) is 0 Å². The lowest BCUT2D eigenvalue weighted by atomic mass is 10.3. The van der Waals surface area contributed by atoms with Crippen LogP contribution in [0.2, 0.25) is 0 Å². The maximum absolute atomic E-state index is 13.3. The maximum Gasteiger partial charge on any atom is 0.264 e. The number of imidazole rings is 1. The summed E-state index contributed by atoms with van der Waals surface area (Å²) < 4.78 is 21.9. The van der Waals surface area contributed by atoms with E-state index in [0.29, 0.717) is 26.4 Å². The molecule has 0 saturated heterocycles. The number of hydrogen-bond donors (Lipinski definition) is 0. The fraction of sp³-hybridized carbons (Fsp3) is 0. The van der Waals surface area contributed by atoms with E-state index >= 15 is 0 Å². The second kappa shape index (κ2) is 4.90. The molecule has 0 saturated carbocycles. The van der Waals surface area contributed by atoms with Crippen LogP contribution in [0.3, 0.4) is 0 Å². The lowest BCUT2D eigenvalue weighted by molar-refractivity contribution is 0.458. The molecular formula is C12H6Br2FN3O. The summed E-state index contributed by atoms with van der Waals surface area (Å²) in [6.07, 6.45) is 5.17. The third-order valence-corrected chi connectivity index (χ3v) is 3.20. The Bertz CT molecular complexity index is 740. The molecular weight excluding hydrogens is 381 g/mol. The van der Waals surface area contributed by atoms with Gasteiger partial charge in [-0.2, -0.15) is 0 Å². The van der Waals surface area contributed by atoms with E-state index in [4.69, 9.17) is 4.74 Å². The Hall–Kier alpha value is -1.47. The topological polar surface area (TPSA) is 39.4 Å². The van der Waals surface area contributed by atoms with Crippen LogP contribution in [0.25, 0.3) is 5.65 Å². The van der Waals surface area contributed by atoms with Crippen molar-refractivity contribution in [3.8, 4) is 11.6 Å². The van der Waals surface area contributed by atoms with Gasteiger partial charge in [0.15, 0.2) is 0 Å². The summed E-state index contributed by atoms with van der Waals surface area (Å²) in [6, 6.07) is 4.30. The summed E-state index contributed by atoms with van der Waals surface area (Å²) >= 11 is 6.50. The molecule has 2 aromatic heterocycles. The van der Waals surface area contributed by atoms with Gasteiger partial charge in [0.1, 0.15) is 16.2 Å². The number of aromatic nitrogens is 3. The van der Waals surface area contributed by atoms with Crippen LogP contribution in [0.4, 0.5) is 4.39 Å². The summed E-state index contributed by atoms with van der Waals surface area (Å²) in [6.45, 7) is 0. The molecule has 3 rings (SSSR count). The van der Waals surface area contributed by atoms with Gasteiger partial charge in [0, 0.05) is 29.1 Å². The average molecular weight is 387 g/mol. The average Bonchev–Trinajstić information content (AvgIpc) is 2.75. The van der Waals surface area contributed by atoms with Gasteiger partial charge in [-0.3, -0.25) is 4.40 Å². The highest BCUT2D eigenvalue weighted by atomic mass is 79.9. The van der Waals surface area contributed by atoms with E-state index < -0.39 is 5.82 Å². The first-order valence-electron chi connectivity index (χ1n) is 5.25. The number of benzene rings is 1. The van der Waals surface area contributed by atoms with Gasteiger partial charge in [-0.1, -0.05) is 15.9 Å². The molecule has 3 aromatic rings. The van der Waals surface area contributed by atoms with Gasteiger partial charge in [-0.25, -0.2) is 14.4 Å². The van der Waals surface area contributed by atoms with Gasteiger partial charge in [0.25, 0.3) is 5.88 Å². The van der Waals surface area contributed by atoms with Gasteiger partial charge in [-0.15, -0.1) is 0 Å². The third-order valence-electron chi connectivity index (χ3n) is 2.36. The molecule has 0 spiro atoms. The van der Waals surface area contributed by atoms with Crippen molar-refractivity contribution in [2.24, 2.45) is 0 Å². The Morgan fingerprint density at radius 1 is 1.21 bits per heavy atom. The number of ether oxygens (including phenoxy) is 1. The van der Waals surface area contributed by atoms with Crippen molar-refractivity contribution in [2.45, 2.75) is 0 Å². The first-order valence-corrected chi connectivity index (χ1v) is 6.83. The summed E-state index contributed by atoms with van der Waals surface area (Å²) in [5.41, 5.74) is 0.559. The normalized spacial score (nSPS) is 10.9. The molecule has 4 nitrogen and oxygen atoms in total. The molecule has 0 bridgehead atoms. The molecule has 1 aromatic carbocycles. The number of halogens is 3. The molecule has 0 radical (unpaired) electrons. The van der Waals surface area contributed by atoms with Crippen molar-refractivity contribution in [3.05, 3.63) is 51.7 Å². The van der Waals surface area contributed by atoms with Crippen molar-refractivity contribution >= 4 is 37.5 Å². The van der Waals surface area contributed by atoms with Gasteiger partial charge in [0.2, 0.25) is 5.65 Å². The molecule has 0 N–H and O–H groups in total. The van der Waals surface area contributed by atoms with Crippen molar-refractivity contribution < 1.29 is 9.13 Å². The van der Waals surface area contributed by atoms with E-state index in [9.17, 15) is 4.39 Å². The zero-order valence-electron chi connectivity index (χ0n) is 9.35. The second-order valence-electron chi connectivity index (χ2n) is 3.73. The van der Waals surface area contributed by atoms with Gasteiger partial charge in [-0.05, 0) is 28.1 Å². The molecule has 0 unspecified atom stereocenters. The quantitative estimate of drug-likeness (QED) is 0.663. The van der Waals surface area contributed by atoms with Crippen LogP contribution in [0, 0.1) is 5.82 Å². The van der Waals surface area contributed by atoms with Crippen molar-refractivity contribution in [1.82, 2.24) is 14.4 Å². The van der Waals surface area contributed by atoms with Crippen LogP contribution in [-0.4, -0.2) is 14.4 Å². The highest BCUT2D eigenvalue weighted by Gasteiger charge is 2.10. The zero-order chi connectivity index (χ0) is 13.4. The standard InChI is InChI=1S/C12H6Br2FN3O/c13-7-3-8(15)5-9(4-7)19-12-11-16-1-2-18(11)6-10(14)17-12/h1-6H. The Morgan fingerprint density at radius 2 is 2.05 bits per heavy atom. The Balaban J connectivity index is 2.07. The largest absolute Gasteiger partial charge is 0.436 e. The van der Waals surface area contributed by atoms with Crippen molar-refractivity contribution in [1.29, 1.82) is 0 Å². The van der Waals surface area contributed by atoms with E-state index in [1.54, 1.807) is 29.1 Å². The maximum atomic E-state index is 13.3. The monoisotopic (exact) mass is 385 g/mol. The number of nitrogens with zero attached hydrogens (tertiary/aromatic N) is 3. The van der Waals surface area contributed by atoms with E-state index in [1.165, 1.54) is 12.1 Å². The smallest absolute Gasteiger partial charge is 0.264 e. The number of hydrogen-bond acceptors (Lipinski definition) is 3. The SMILES string of the molecule is Fc1cc(Br)cc(Oc2nc(Br)cn3ccnc23)c1. The molecule has 0 aliphatic heterocycles. The third kappa shape index (κ3) is 2.62. The molecule has 0 aliphatic rings. The molecule has 7 heteroatoms. The van der Waals surface area contributed by atoms with Gasteiger partial charge in [0.05, 0.1) is 0 Å². The molecule has 96 valence electrons. The van der Waals surface area contributed by atoms with Gasteiger partial charge < -0.3 is 4.74 Å². The number of fused-ring (bicyclic) bond motifs is 1. The molecule has 0 amide bonds. The highest BCUT2D eigenvalue weighted by Crippen LogP contribution is 2.28. The first kappa shape index (κ1) is 12.6. The van der Waals surface area contributed by atoms with Crippen LogP contribution in [-0.2, 0) is 0 Å². The predicted octanol–water partition coefficient (Wildman–Crippen LogP) is 4.19. The Morgan fingerprint density at radius 3 is 2.84 bits per heavy atom. The minimum atomic E-state index is -0.390. The minimum absolute atomic E-state index is 0.303. The Labute approximate surface area is 124 Å². The van der Waals surface area contributed by atoms with Crippen LogP contribution in [0.1, 0.15) is 0 Å². The molecule has 0 atom stereocenters. The summed E-state index contributed by atoms with van der Waals surface area (Å²) in [5, 5.41) is 0. The fourth-order valence-corrected chi connectivity index (χ4v) is 2.47. The summed E-state index contributed by atoms with van der Waals surface area (Å²) in [7, 11) is 0. The van der Waals surface area contributed by atoms with Crippen LogP contribution < -0.4 is 4.74 Å². The molecule has 0 fully saturated rings. The second-order valence-corrected chi connectivity index (χ2v) is 5.46. The zero-order valence-corrected chi connectivity index (χ0v) is 12.5. The minimum Gasteiger partial charge on any atom is -0.436 e. The van der Waals surface area contributed by atoms with Crippen LogP contribution in [0.5, 0.6) is 11.6 Å². The predicted molar refractivity (Wildman–Crippen MR) is 74.9 cm³/mol. The van der Waals surface area contributed by atoms with Crippen molar-refractivity contribution in [2.75, 3.05) is 0 Å². The van der Waals surface area contributed by atoms with Crippen LogP contribution >= 0.6 is 31.9 Å². The fourth-order valence-electron chi connectivity index (χ4n) is 1.64. The Kier molecular flexibility index (Phi) is 3.24. The molecule has 2 heterocycles. The summed E-state index contributed by atoms with van der Waals surface area (Å²) in [5.74, 6) is 0.262. The molecule has 0 aliphatic carbocycles. The summed E-state index contributed by atoms with van der Waals surface area (Å²) in [4.78, 5) is 8.35. The number of rotatable bonds is 2. The first-order chi connectivity index (χ1) is 9.11. The lowest BCUT2D eigenvalue weighted by Gasteiger charge is -2.07. The lowest BCUT2D eigenvalue weighted by Crippen LogP contribution is -1.95. The van der Waals surface area contributed by atoms with Crippen LogP contribution in [0.15, 0.2) is 45.9 Å². The van der Waals surface area contributed by atoms with E-state index in [0.717, 1.165) is 0 Å². The van der Waals surface area contributed by atoms with E-state index in [2.05, 4.69) is 41.8 Å². The van der Waals surface area contributed by atoms with Gasteiger partial charge >= 0.3 is 0 Å². The molecule has 19 heavy (non-hydrogen) atoms.